The molecule has 104 valence electrons. The van der Waals surface area contributed by atoms with Gasteiger partial charge in [0, 0.05) is 29.0 Å². The zero-order chi connectivity index (χ0) is 13.9. The van der Waals surface area contributed by atoms with E-state index in [1.54, 1.807) is 18.0 Å². The zero-order valence-electron chi connectivity index (χ0n) is 11.0. The van der Waals surface area contributed by atoms with E-state index >= 15 is 0 Å². The highest BCUT2D eigenvalue weighted by Crippen LogP contribution is 2.32. The standard InChI is InChI=1S/C15H15BrN2OS/c16-11-5-7-12(8-6-11)18-10-9-17-15(18)20-14-4-2-1-3-13(14)19/h5-10,14H,1-4H2. The molecule has 1 aromatic heterocycles. The molecule has 1 heterocycles. The van der Waals surface area contributed by atoms with Gasteiger partial charge in [-0.25, -0.2) is 4.98 Å². The fourth-order valence-corrected chi connectivity index (χ4v) is 3.83. The molecular weight excluding hydrogens is 336 g/mol. The number of carbonyl (C=O) groups is 1. The van der Waals surface area contributed by atoms with Gasteiger partial charge in [-0.3, -0.25) is 9.36 Å². The summed E-state index contributed by atoms with van der Waals surface area (Å²) in [4.78, 5) is 16.4. The van der Waals surface area contributed by atoms with Crippen molar-refractivity contribution in [1.29, 1.82) is 0 Å². The van der Waals surface area contributed by atoms with Gasteiger partial charge in [0.1, 0.15) is 5.78 Å². The average Bonchev–Trinajstić information content (AvgIpc) is 2.90. The molecule has 0 aliphatic heterocycles. The van der Waals surface area contributed by atoms with E-state index in [4.69, 9.17) is 0 Å². The van der Waals surface area contributed by atoms with Gasteiger partial charge < -0.3 is 0 Å². The van der Waals surface area contributed by atoms with Crippen LogP contribution in [0.1, 0.15) is 25.7 Å². The second-order valence-corrected chi connectivity index (χ2v) is 6.96. The van der Waals surface area contributed by atoms with Crippen molar-refractivity contribution in [2.24, 2.45) is 0 Å². The number of thioether (sulfide) groups is 1. The molecule has 1 aliphatic carbocycles. The molecule has 1 atom stereocenters. The fourth-order valence-electron chi connectivity index (χ4n) is 2.38. The number of aromatic nitrogens is 2. The Balaban J connectivity index is 1.83. The van der Waals surface area contributed by atoms with E-state index in [9.17, 15) is 4.79 Å². The lowest BCUT2D eigenvalue weighted by Gasteiger charge is -2.19. The van der Waals surface area contributed by atoms with Crippen LogP contribution in [0.15, 0.2) is 46.3 Å². The van der Waals surface area contributed by atoms with Gasteiger partial charge in [-0.05, 0) is 37.1 Å². The minimum atomic E-state index is 0.0698. The average molecular weight is 351 g/mol. The highest BCUT2D eigenvalue weighted by atomic mass is 79.9. The van der Waals surface area contributed by atoms with E-state index in [2.05, 4.69) is 20.9 Å². The van der Waals surface area contributed by atoms with Crippen LogP contribution in [-0.4, -0.2) is 20.6 Å². The molecule has 0 spiro atoms. The summed E-state index contributed by atoms with van der Waals surface area (Å²) in [6.07, 6.45) is 7.60. The number of benzene rings is 1. The number of hydrogen-bond acceptors (Lipinski definition) is 3. The smallest absolute Gasteiger partial charge is 0.173 e. The highest BCUT2D eigenvalue weighted by Gasteiger charge is 2.24. The van der Waals surface area contributed by atoms with Crippen molar-refractivity contribution in [3.05, 3.63) is 41.1 Å². The van der Waals surface area contributed by atoms with Crippen molar-refractivity contribution < 1.29 is 4.79 Å². The van der Waals surface area contributed by atoms with Crippen LogP contribution in [0.3, 0.4) is 0 Å². The zero-order valence-corrected chi connectivity index (χ0v) is 13.4. The van der Waals surface area contributed by atoms with Gasteiger partial charge in [-0.1, -0.05) is 34.1 Å². The molecule has 20 heavy (non-hydrogen) atoms. The number of rotatable bonds is 3. The molecule has 5 heteroatoms. The van der Waals surface area contributed by atoms with Crippen LogP contribution in [0.25, 0.3) is 5.69 Å². The molecule has 3 nitrogen and oxygen atoms in total. The molecule has 0 amide bonds. The van der Waals surface area contributed by atoms with E-state index in [0.717, 1.165) is 41.0 Å². The van der Waals surface area contributed by atoms with Crippen molar-refractivity contribution in [3.8, 4) is 5.69 Å². The van der Waals surface area contributed by atoms with Crippen LogP contribution in [-0.2, 0) is 4.79 Å². The lowest BCUT2D eigenvalue weighted by Crippen LogP contribution is -2.21. The maximum atomic E-state index is 11.9. The third kappa shape index (κ3) is 2.99. The first-order valence-electron chi connectivity index (χ1n) is 6.73. The number of nitrogens with zero attached hydrogens (tertiary/aromatic N) is 2. The van der Waals surface area contributed by atoms with E-state index < -0.39 is 0 Å². The predicted octanol–water partition coefficient (Wildman–Crippen LogP) is 4.24. The van der Waals surface area contributed by atoms with Gasteiger partial charge in [0.05, 0.1) is 5.25 Å². The number of Topliss-reactive ketones (excluding diaryl/α,β-unsaturated/α-hetero) is 1. The Hall–Kier alpha value is -1.07. The van der Waals surface area contributed by atoms with Crippen LogP contribution in [0.2, 0.25) is 0 Å². The molecule has 0 N–H and O–H groups in total. The van der Waals surface area contributed by atoms with Gasteiger partial charge in [0.15, 0.2) is 5.16 Å². The summed E-state index contributed by atoms with van der Waals surface area (Å²) in [5.41, 5.74) is 1.07. The lowest BCUT2D eigenvalue weighted by atomic mass is 9.99. The Bertz CT molecular complexity index is 609. The van der Waals surface area contributed by atoms with E-state index in [0.29, 0.717) is 5.78 Å². The molecule has 1 aliphatic rings. The molecule has 1 unspecified atom stereocenters. The second-order valence-electron chi connectivity index (χ2n) is 4.87. The monoisotopic (exact) mass is 350 g/mol. The van der Waals surface area contributed by atoms with Crippen LogP contribution < -0.4 is 0 Å². The summed E-state index contributed by atoms with van der Waals surface area (Å²) in [5.74, 6) is 0.367. The first kappa shape index (κ1) is 13.9. The first-order chi connectivity index (χ1) is 9.74. The molecule has 3 rings (SSSR count). The topological polar surface area (TPSA) is 34.9 Å². The molecule has 1 aromatic carbocycles. The van der Waals surface area contributed by atoms with Gasteiger partial charge in [-0.2, -0.15) is 0 Å². The Labute approximate surface area is 130 Å². The third-order valence-electron chi connectivity index (χ3n) is 3.46. The number of carbonyl (C=O) groups excluding carboxylic acids is 1. The summed E-state index contributed by atoms with van der Waals surface area (Å²) in [6.45, 7) is 0. The van der Waals surface area contributed by atoms with Crippen molar-refractivity contribution in [2.45, 2.75) is 36.1 Å². The van der Waals surface area contributed by atoms with Crippen molar-refractivity contribution >= 4 is 33.5 Å². The fraction of sp³-hybridized carbons (Fsp3) is 0.333. The van der Waals surface area contributed by atoms with Crippen LogP contribution in [0, 0.1) is 0 Å². The molecular formula is C15H15BrN2OS. The number of hydrogen-bond donors (Lipinski definition) is 0. The van der Waals surface area contributed by atoms with Gasteiger partial charge in [0.25, 0.3) is 0 Å². The highest BCUT2D eigenvalue weighted by molar-refractivity contribution is 9.10. The predicted molar refractivity (Wildman–Crippen MR) is 84.4 cm³/mol. The van der Waals surface area contributed by atoms with Gasteiger partial charge in [0.2, 0.25) is 0 Å². The normalized spacial score (nSPS) is 19.2. The van der Waals surface area contributed by atoms with E-state index in [1.165, 1.54) is 0 Å². The quantitative estimate of drug-likeness (QED) is 0.830. The first-order valence-corrected chi connectivity index (χ1v) is 8.40. The van der Waals surface area contributed by atoms with Crippen molar-refractivity contribution in [3.63, 3.8) is 0 Å². The Morgan fingerprint density at radius 3 is 2.80 bits per heavy atom. The SMILES string of the molecule is O=C1CCCCC1Sc1nccn1-c1ccc(Br)cc1. The maximum absolute atomic E-state index is 11.9. The minimum absolute atomic E-state index is 0.0698. The summed E-state index contributed by atoms with van der Waals surface area (Å²) in [5, 5.41) is 0.966. The Morgan fingerprint density at radius 2 is 2.05 bits per heavy atom. The minimum Gasteiger partial charge on any atom is -0.298 e. The molecule has 1 saturated carbocycles. The summed E-state index contributed by atoms with van der Waals surface area (Å²) >= 11 is 5.04. The number of imidazole rings is 1. The third-order valence-corrected chi connectivity index (χ3v) is 5.28. The molecule has 0 saturated heterocycles. The largest absolute Gasteiger partial charge is 0.298 e. The van der Waals surface area contributed by atoms with E-state index in [1.807, 2.05) is 35.0 Å². The Kier molecular flexibility index (Phi) is 4.27. The molecule has 2 aromatic rings. The Morgan fingerprint density at radius 1 is 1.25 bits per heavy atom. The van der Waals surface area contributed by atoms with Gasteiger partial charge >= 0.3 is 0 Å². The molecule has 1 fully saturated rings. The summed E-state index contributed by atoms with van der Waals surface area (Å²) < 4.78 is 3.09. The van der Waals surface area contributed by atoms with Crippen LogP contribution in [0.5, 0.6) is 0 Å². The number of ketones is 1. The summed E-state index contributed by atoms with van der Waals surface area (Å²) in [7, 11) is 0. The van der Waals surface area contributed by atoms with Crippen molar-refractivity contribution in [2.75, 3.05) is 0 Å². The number of halogens is 1. The van der Waals surface area contributed by atoms with E-state index in [-0.39, 0.29) is 5.25 Å². The molecule has 0 radical (unpaired) electrons. The molecule has 0 bridgehead atoms. The lowest BCUT2D eigenvalue weighted by molar-refractivity contribution is -0.119. The van der Waals surface area contributed by atoms with Crippen LogP contribution in [0.4, 0.5) is 0 Å². The summed E-state index contributed by atoms with van der Waals surface area (Å²) in [6, 6.07) is 8.10. The van der Waals surface area contributed by atoms with Crippen LogP contribution >= 0.6 is 27.7 Å². The maximum Gasteiger partial charge on any atom is 0.173 e. The van der Waals surface area contributed by atoms with Gasteiger partial charge in [-0.15, -0.1) is 0 Å². The van der Waals surface area contributed by atoms with Crippen molar-refractivity contribution in [1.82, 2.24) is 9.55 Å². The second kappa shape index (κ2) is 6.14.